The van der Waals surface area contributed by atoms with E-state index in [0.717, 1.165) is 19.0 Å². The fraction of sp³-hybridized carbons (Fsp3) is 0.500. The standard InChI is InChI=1S/C22H31FN4OS.HI/c1-16(28-19-10-5-4-9-18(19)23)14-25-22(24-2)26-15-17-8-6-12-27(3)21(17)20-11-7-13-29-20;/h4-5,7,9-11,13,16-17,21H,6,8,12,14-15H2,1-3H3,(H2,24,25,26);1H. The first-order chi connectivity index (χ1) is 14.1. The molecule has 5 nitrogen and oxygen atoms in total. The van der Waals surface area contributed by atoms with Crippen LogP contribution in [0.3, 0.4) is 0 Å². The Labute approximate surface area is 200 Å². The molecule has 30 heavy (non-hydrogen) atoms. The molecule has 0 saturated carbocycles. The molecule has 2 heterocycles. The van der Waals surface area contributed by atoms with Gasteiger partial charge in [0.05, 0.1) is 6.54 Å². The lowest BCUT2D eigenvalue weighted by molar-refractivity contribution is 0.125. The predicted octanol–water partition coefficient (Wildman–Crippen LogP) is 4.52. The Morgan fingerprint density at radius 2 is 2.10 bits per heavy atom. The molecule has 3 unspecified atom stereocenters. The molecule has 0 amide bonds. The van der Waals surface area contributed by atoms with Crippen molar-refractivity contribution in [3.63, 3.8) is 0 Å². The Morgan fingerprint density at radius 1 is 1.30 bits per heavy atom. The number of piperidine rings is 1. The molecule has 1 aromatic carbocycles. The number of hydrogen-bond donors (Lipinski definition) is 2. The fourth-order valence-corrected chi connectivity index (χ4v) is 4.85. The number of rotatable bonds is 7. The zero-order valence-corrected chi connectivity index (χ0v) is 21.0. The highest BCUT2D eigenvalue weighted by atomic mass is 127. The van der Waals surface area contributed by atoms with Crippen LogP contribution >= 0.6 is 35.3 Å². The van der Waals surface area contributed by atoms with Gasteiger partial charge in [0.2, 0.25) is 0 Å². The maximum absolute atomic E-state index is 13.7. The summed E-state index contributed by atoms with van der Waals surface area (Å²) in [7, 11) is 3.98. The number of nitrogens with one attached hydrogen (secondary N) is 2. The lowest BCUT2D eigenvalue weighted by Gasteiger charge is -2.39. The number of likely N-dealkylation sites (tertiary alicyclic amines) is 1. The van der Waals surface area contributed by atoms with E-state index < -0.39 is 0 Å². The third kappa shape index (κ3) is 6.81. The van der Waals surface area contributed by atoms with E-state index in [9.17, 15) is 4.39 Å². The molecule has 166 valence electrons. The second-order valence-electron chi connectivity index (χ2n) is 7.54. The average Bonchev–Trinajstić information content (AvgIpc) is 3.24. The minimum absolute atomic E-state index is 0. The molecule has 2 N–H and O–H groups in total. The predicted molar refractivity (Wildman–Crippen MR) is 134 cm³/mol. The van der Waals surface area contributed by atoms with Crippen molar-refractivity contribution in [1.82, 2.24) is 15.5 Å². The molecule has 0 spiro atoms. The van der Waals surface area contributed by atoms with Crippen molar-refractivity contribution < 1.29 is 9.13 Å². The largest absolute Gasteiger partial charge is 0.486 e. The second-order valence-corrected chi connectivity index (χ2v) is 8.52. The minimum atomic E-state index is -0.345. The second kappa shape index (κ2) is 12.5. The Balaban J connectivity index is 0.00000320. The number of nitrogens with zero attached hydrogens (tertiary/aromatic N) is 2. The smallest absolute Gasteiger partial charge is 0.191 e. The number of para-hydroxylation sites is 1. The summed E-state index contributed by atoms with van der Waals surface area (Å²) in [6.07, 6.45) is 2.22. The van der Waals surface area contributed by atoms with Gasteiger partial charge in [0.15, 0.2) is 17.5 Å². The molecular formula is C22H32FIN4OS. The van der Waals surface area contributed by atoms with Crippen LogP contribution in [0, 0.1) is 11.7 Å². The van der Waals surface area contributed by atoms with E-state index in [0.29, 0.717) is 18.5 Å². The van der Waals surface area contributed by atoms with Crippen LogP contribution in [0.25, 0.3) is 0 Å². The summed E-state index contributed by atoms with van der Waals surface area (Å²) in [6.45, 7) is 4.44. The van der Waals surface area contributed by atoms with Crippen molar-refractivity contribution in [2.24, 2.45) is 10.9 Å². The quantitative estimate of drug-likeness (QED) is 0.305. The minimum Gasteiger partial charge on any atom is -0.486 e. The summed E-state index contributed by atoms with van der Waals surface area (Å²) in [5.41, 5.74) is 0. The molecule has 0 aliphatic carbocycles. The first kappa shape index (κ1) is 24.9. The Kier molecular flexibility index (Phi) is 10.3. The highest BCUT2D eigenvalue weighted by Crippen LogP contribution is 2.36. The van der Waals surface area contributed by atoms with Crippen LogP contribution in [0.4, 0.5) is 4.39 Å². The zero-order valence-electron chi connectivity index (χ0n) is 17.8. The lowest BCUT2D eigenvalue weighted by atomic mass is 9.88. The van der Waals surface area contributed by atoms with Crippen molar-refractivity contribution in [3.8, 4) is 5.75 Å². The first-order valence-electron chi connectivity index (χ1n) is 10.2. The maximum atomic E-state index is 13.7. The summed E-state index contributed by atoms with van der Waals surface area (Å²) in [5.74, 6) is 1.20. The molecule has 1 fully saturated rings. The number of ether oxygens (including phenoxy) is 1. The highest BCUT2D eigenvalue weighted by Gasteiger charge is 2.31. The van der Waals surface area contributed by atoms with Crippen LogP contribution in [0.1, 0.15) is 30.7 Å². The normalized spacial score (nSPS) is 20.9. The van der Waals surface area contributed by atoms with Crippen molar-refractivity contribution in [1.29, 1.82) is 0 Å². The maximum Gasteiger partial charge on any atom is 0.191 e. The molecule has 1 aromatic heterocycles. The Hall–Kier alpha value is -1.39. The average molecular weight is 546 g/mol. The molecule has 1 aliphatic rings. The lowest BCUT2D eigenvalue weighted by Crippen LogP contribution is -2.46. The first-order valence-corrected chi connectivity index (χ1v) is 11.1. The molecule has 2 aromatic rings. The third-order valence-electron chi connectivity index (χ3n) is 5.32. The summed E-state index contributed by atoms with van der Waals surface area (Å²) in [5, 5.41) is 8.91. The molecule has 1 aliphatic heterocycles. The van der Waals surface area contributed by atoms with Gasteiger partial charge in [0.25, 0.3) is 0 Å². The Bertz CT molecular complexity index is 789. The summed E-state index contributed by atoms with van der Waals surface area (Å²) >= 11 is 1.83. The summed E-state index contributed by atoms with van der Waals surface area (Å²) in [6, 6.07) is 11.3. The summed E-state index contributed by atoms with van der Waals surface area (Å²) < 4.78 is 19.4. The summed E-state index contributed by atoms with van der Waals surface area (Å²) in [4.78, 5) is 8.21. The van der Waals surface area contributed by atoms with Crippen LogP contribution in [0.15, 0.2) is 46.8 Å². The van der Waals surface area contributed by atoms with E-state index in [1.54, 1.807) is 25.2 Å². The van der Waals surface area contributed by atoms with Crippen molar-refractivity contribution in [3.05, 3.63) is 52.5 Å². The van der Waals surface area contributed by atoms with Crippen molar-refractivity contribution in [2.45, 2.75) is 31.9 Å². The van der Waals surface area contributed by atoms with Crippen LogP contribution < -0.4 is 15.4 Å². The van der Waals surface area contributed by atoms with Gasteiger partial charge in [-0.2, -0.15) is 0 Å². The zero-order chi connectivity index (χ0) is 20.6. The van der Waals surface area contributed by atoms with E-state index in [4.69, 9.17) is 4.74 Å². The molecule has 3 atom stereocenters. The van der Waals surface area contributed by atoms with Gasteiger partial charge in [-0.15, -0.1) is 35.3 Å². The molecule has 1 saturated heterocycles. The monoisotopic (exact) mass is 546 g/mol. The number of aliphatic imine (C=N–C) groups is 1. The van der Waals surface area contributed by atoms with Gasteiger partial charge >= 0.3 is 0 Å². The van der Waals surface area contributed by atoms with Gasteiger partial charge < -0.3 is 15.4 Å². The molecule has 0 bridgehead atoms. The van der Waals surface area contributed by atoms with Crippen LogP contribution in [0.5, 0.6) is 5.75 Å². The fourth-order valence-electron chi connectivity index (χ4n) is 3.87. The van der Waals surface area contributed by atoms with E-state index in [2.05, 4.69) is 45.1 Å². The molecular weight excluding hydrogens is 514 g/mol. The van der Waals surface area contributed by atoms with Crippen LogP contribution in [0.2, 0.25) is 0 Å². The number of hydrogen-bond acceptors (Lipinski definition) is 4. The number of benzene rings is 1. The molecule has 8 heteroatoms. The van der Waals surface area contributed by atoms with Gasteiger partial charge in [-0.3, -0.25) is 9.89 Å². The SMILES string of the molecule is CN=C(NCC(C)Oc1ccccc1F)NCC1CCCN(C)C1c1cccs1.I. The van der Waals surface area contributed by atoms with Crippen LogP contribution in [-0.2, 0) is 0 Å². The van der Waals surface area contributed by atoms with Crippen molar-refractivity contribution in [2.75, 3.05) is 33.7 Å². The van der Waals surface area contributed by atoms with Gasteiger partial charge in [-0.25, -0.2) is 4.39 Å². The topological polar surface area (TPSA) is 48.9 Å². The van der Waals surface area contributed by atoms with Crippen LogP contribution in [-0.4, -0.2) is 50.7 Å². The van der Waals surface area contributed by atoms with Gasteiger partial charge in [0.1, 0.15) is 6.10 Å². The number of guanidine groups is 1. The van der Waals surface area contributed by atoms with E-state index in [1.165, 1.54) is 23.8 Å². The van der Waals surface area contributed by atoms with E-state index in [1.807, 2.05) is 18.3 Å². The Morgan fingerprint density at radius 3 is 2.80 bits per heavy atom. The van der Waals surface area contributed by atoms with E-state index in [-0.39, 0.29) is 41.6 Å². The van der Waals surface area contributed by atoms with Crippen molar-refractivity contribution >= 4 is 41.3 Å². The third-order valence-corrected chi connectivity index (χ3v) is 6.26. The van der Waals surface area contributed by atoms with Gasteiger partial charge in [-0.1, -0.05) is 18.2 Å². The van der Waals surface area contributed by atoms with Gasteiger partial charge in [0, 0.05) is 24.5 Å². The highest BCUT2D eigenvalue weighted by molar-refractivity contribution is 14.0. The van der Waals surface area contributed by atoms with E-state index >= 15 is 0 Å². The molecule has 0 radical (unpaired) electrons. The number of halogens is 2. The number of thiophene rings is 1. The molecule has 3 rings (SSSR count). The van der Waals surface area contributed by atoms with Gasteiger partial charge in [-0.05, 0) is 62.9 Å².